The number of ether oxygens (including phenoxy) is 8. The fourth-order valence-electron chi connectivity index (χ4n) is 10.5. The van der Waals surface area contributed by atoms with Crippen LogP contribution >= 0.6 is 0 Å². The lowest BCUT2D eigenvalue weighted by Crippen LogP contribution is -2.62. The van der Waals surface area contributed by atoms with Crippen molar-refractivity contribution in [1.29, 1.82) is 0 Å². The Morgan fingerprint density at radius 1 is 0.868 bits per heavy atom. The zero-order valence-corrected chi connectivity index (χ0v) is 43.3. The molecule has 3 saturated heterocycles. The Balaban J connectivity index is 1.85. The topological polar surface area (TPSA) is 211 Å². The van der Waals surface area contributed by atoms with E-state index in [2.05, 4.69) is 17.3 Å². The minimum Gasteiger partial charge on any atom is -0.459 e. The molecule has 0 aliphatic carbocycles. The summed E-state index contributed by atoms with van der Waals surface area (Å²) in [6.45, 7) is 20.1. The van der Waals surface area contributed by atoms with Crippen molar-refractivity contribution >= 4 is 23.6 Å². The monoisotopic (exact) mass is 965 g/mol. The Kier molecular flexibility index (Phi) is 20.8. The molecule has 68 heavy (non-hydrogen) atoms. The number of esters is 3. The van der Waals surface area contributed by atoms with Crippen molar-refractivity contribution < 1.29 is 72.4 Å². The number of carbonyl (C=O) groups excluding carboxylic acids is 3. The van der Waals surface area contributed by atoms with Crippen molar-refractivity contribution in [2.24, 2.45) is 28.8 Å². The van der Waals surface area contributed by atoms with Crippen LogP contribution in [0.3, 0.4) is 0 Å². The van der Waals surface area contributed by atoms with E-state index >= 15 is 0 Å². The minimum absolute atomic E-state index is 0.0272. The minimum atomic E-state index is -1.97. The molecule has 1 aromatic carbocycles. The molecular formula is C51H84N2O15. The number of rotatable bonds is 15. The molecule has 0 saturated carbocycles. The van der Waals surface area contributed by atoms with Gasteiger partial charge in [-0.15, -0.1) is 0 Å². The van der Waals surface area contributed by atoms with Crippen LogP contribution in [0, 0.1) is 23.7 Å². The zero-order valence-electron chi connectivity index (χ0n) is 43.3. The molecule has 0 radical (unpaired) electrons. The second-order valence-electron chi connectivity index (χ2n) is 20.5. The standard InChI is InChI=1S/C51H84N2O15/c1-16-39-51(12,59)44(56)31(4)41(52-61-25-21-20-24-37-22-18-17-19-23-37)29(2)27-49(10,58)45(68-48-43(64-35(8)54)38(53(13)14)26-30(3)62-48)32(5)42(33(6)47(57)66-39)67-40-28-50(11,60-15)46(34(7)63-40)65-36(9)55/h17-19,22-23,29-34,38-40,42-46,48,56,58-59H,16,20-21,24-28H2,1-15H3/b52-41-/t29-,30-,31-,32+,33-,34+,38+,39+,40+,42+,43-,44-,45-,46+,48+,49+,50-,51-/m1/s1. The third kappa shape index (κ3) is 14.4. The summed E-state index contributed by atoms with van der Waals surface area (Å²) in [5.41, 5.74) is -3.28. The summed E-state index contributed by atoms with van der Waals surface area (Å²) >= 11 is 0. The fourth-order valence-corrected chi connectivity index (χ4v) is 10.5. The summed E-state index contributed by atoms with van der Waals surface area (Å²) < 4.78 is 50.5. The van der Waals surface area contributed by atoms with Gasteiger partial charge in [-0.1, -0.05) is 63.2 Å². The molecule has 0 bridgehead atoms. The normalized spacial score (nSPS) is 40.5. The predicted molar refractivity (Wildman–Crippen MR) is 253 cm³/mol. The van der Waals surface area contributed by atoms with E-state index in [4.69, 9.17) is 42.7 Å². The Morgan fingerprint density at radius 3 is 2.10 bits per heavy atom. The summed E-state index contributed by atoms with van der Waals surface area (Å²) in [4.78, 5) is 47.4. The summed E-state index contributed by atoms with van der Waals surface area (Å²) in [6.07, 6.45) is -6.96. The van der Waals surface area contributed by atoms with Gasteiger partial charge in [0.05, 0.1) is 53.8 Å². The molecule has 3 fully saturated rings. The van der Waals surface area contributed by atoms with Gasteiger partial charge in [-0.2, -0.15) is 0 Å². The van der Waals surface area contributed by atoms with Crippen LogP contribution in [0.2, 0.25) is 0 Å². The van der Waals surface area contributed by atoms with Crippen LogP contribution in [-0.4, -0.2) is 156 Å². The number of cyclic esters (lactones) is 1. The molecule has 0 amide bonds. The number of aryl methyl sites for hydroxylation is 1. The molecule has 3 heterocycles. The molecular weight excluding hydrogens is 881 g/mol. The summed E-state index contributed by atoms with van der Waals surface area (Å²) in [5, 5.41) is 42.0. The van der Waals surface area contributed by atoms with Crippen LogP contribution in [0.15, 0.2) is 35.5 Å². The van der Waals surface area contributed by atoms with Crippen LogP contribution in [0.1, 0.15) is 127 Å². The molecule has 0 aromatic heterocycles. The third-order valence-electron chi connectivity index (χ3n) is 14.3. The molecule has 17 heteroatoms. The molecule has 3 aliphatic rings. The molecule has 3 aliphatic heterocycles. The summed E-state index contributed by atoms with van der Waals surface area (Å²) in [6, 6.07) is 9.81. The molecule has 17 nitrogen and oxygen atoms in total. The van der Waals surface area contributed by atoms with Gasteiger partial charge < -0.3 is 63.0 Å². The molecule has 0 unspecified atom stereocenters. The largest absolute Gasteiger partial charge is 0.459 e. The number of likely N-dealkylation sites (N-methyl/N-ethyl adjacent to an activating group) is 1. The number of aliphatic hydroxyl groups excluding tert-OH is 1. The lowest BCUT2D eigenvalue weighted by Gasteiger charge is -2.49. The number of benzene rings is 1. The smallest absolute Gasteiger partial charge is 0.311 e. The molecule has 3 N–H and O–H groups in total. The van der Waals surface area contributed by atoms with Crippen molar-refractivity contribution in [3.8, 4) is 0 Å². The van der Waals surface area contributed by atoms with E-state index in [-0.39, 0.29) is 38.0 Å². The highest BCUT2D eigenvalue weighted by atomic mass is 16.7. The number of methoxy groups -OCH3 is 1. The first kappa shape index (κ1) is 57.3. The number of nitrogens with zero attached hydrogens (tertiary/aromatic N) is 2. The summed E-state index contributed by atoms with van der Waals surface area (Å²) in [7, 11) is 5.26. The maximum atomic E-state index is 14.6. The van der Waals surface area contributed by atoms with Crippen LogP contribution in [0.25, 0.3) is 0 Å². The van der Waals surface area contributed by atoms with E-state index in [0.717, 1.165) is 12.8 Å². The van der Waals surface area contributed by atoms with E-state index < -0.39 is 114 Å². The van der Waals surface area contributed by atoms with Gasteiger partial charge in [0.15, 0.2) is 24.8 Å². The Bertz CT molecular complexity index is 1800. The Morgan fingerprint density at radius 2 is 1.51 bits per heavy atom. The second kappa shape index (κ2) is 24.7. The van der Waals surface area contributed by atoms with Gasteiger partial charge >= 0.3 is 17.9 Å². The molecule has 1 aromatic rings. The van der Waals surface area contributed by atoms with Crippen molar-refractivity contribution in [3.05, 3.63) is 35.9 Å². The van der Waals surface area contributed by atoms with Crippen molar-refractivity contribution in [1.82, 2.24) is 4.90 Å². The Labute approximate surface area is 404 Å². The zero-order chi connectivity index (χ0) is 50.9. The molecule has 18 atom stereocenters. The first-order chi connectivity index (χ1) is 31.8. The second-order valence-corrected chi connectivity index (χ2v) is 20.5. The predicted octanol–water partition coefficient (Wildman–Crippen LogP) is 5.75. The first-order valence-electron chi connectivity index (χ1n) is 24.5. The molecule has 0 spiro atoms. The van der Waals surface area contributed by atoms with Crippen molar-refractivity contribution in [2.45, 2.75) is 212 Å². The maximum Gasteiger partial charge on any atom is 0.311 e. The average Bonchev–Trinajstić information content (AvgIpc) is 3.26. The van der Waals surface area contributed by atoms with Crippen LogP contribution in [0.5, 0.6) is 0 Å². The third-order valence-corrected chi connectivity index (χ3v) is 14.3. The van der Waals surface area contributed by atoms with E-state index in [1.54, 1.807) is 48.5 Å². The highest BCUT2D eigenvalue weighted by Crippen LogP contribution is 2.42. The van der Waals surface area contributed by atoms with Crippen LogP contribution in [0.4, 0.5) is 0 Å². The number of oxime groups is 1. The van der Waals surface area contributed by atoms with Gasteiger partial charge in [-0.05, 0) is 99.7 Å². The quantitative estimate of drug-likeness (QED) is 0.0827. The van der Waals surface area contributed by atoms with Gasteiger partial charge in [-0.25, -0.2) is 0 Å². The van der Waals surface area contributed by atoms with Gasteiger partial charge in [-0.3, -0.25) is 14.4 Å². The van der Waals surface area contributed by atoms with Crippen molar-refractivity contribution in [3.63, 3.8) is 0 Å². The highest BCUT2D eigenvalue weighted by molar-refractivity contribution is 5.88. The van der Waals surface area contributed by atoms with Gasteiger partial charge in [0, 0.05) is 45.1 Å². The number of carbonyl (C=O) groups is 3. The SMILES string of the molecule is CC[C@@H]1OC(=O)[C@H](C)[C@@H](O[C@H]2C[C@@](C)(OC)[C@@H](OC(C)=O)[C@H](C)O2)[C@H](C)[C@@H](O[C@@H]2O[C@H](C)C[C@H](N(C)C)[C@H]2OC(C)=O)[C@@](C)(O)C[C@@H](C)/C(=N/OCCCCc2ccccc2)[C@@H](C)[C@@H](O)[C@]1(C)O. The van der Waals surface area contributed by atoms with Gasteiger partial charge in [0.25, 0.3) is 0 Å². The van der Waals surface area contributed by atoms with Crippen LogP contribution < -0.4 is 0 Å². The van der Waals surface area contributed by atoms with Crippen molar-refractivity contribution in [2.75, 3.05) is 27.8 Å². The lowest BCUT2D eigenvalue weighted by molar-refractivity contribution is -0.319. The van der Waals surface area contributed by atoms with E-state index in [9.17, 15) is 29.7 Å². The number of hydrogen-bond acceptors (Lipinski definition) is 17. The summed E-state index contributed by atoms with van der Waals surface area (Å²) in [5.74, 6) is -5.27. The van der Waals surface area contributed by atoms with Crippen LogP contribution in [-0.2, 0) is 63.5 Å². The van der Waals surface area contributed by atoms with Gasteiger partial charge in [0.1, 0.15) is 23.9 Å². The van der Waals surface area contributed by atoms with E-state index in [0.29, 0.717) is 18.6 Å². The highest BCUT2D eigenvalue weighted by Gasteiger charge is 2.54. The van der Waals surface area contributed by atoms with E-state index in [1.165, 1.54) is 33.4 Å². The fraction of sp³-hybridized carbons (Fsp3) is 0.804. The number of aliphatic hydroxyl groups is 3. The molecule has 4 rings (SSSR count). The number of hydrogen-bond donors (Lipinski definition) is 3. The lowest BCUT2D eigenvalue weighted by atomic mass is 9.73. The van der Waals surface area contributed by atoms with Gasteiger partial charge in [0.2, 0.25) is 0 Å². The molecule has 388 valence electrons. The Hall–Kier alpha value is -3.26. The van der Waals surface area contributed by atoms with E-state index in [1.807, 2.05) is 51.0 Å². The first-order valence-corrected chi connectivity index (χ1v) is 24.5. The maximum absolute atomic E-state index is 14.6. The number of unbranched alkanes of at least 4 members (excludes halogenated alkanes) is 1. The average molecular weight is 965 g/mol.